The van der Waals surface area contributed by atoms with Gasteiger partial charge in [0.2, 0.25) is 0 Å². The Morgan fingerprint density at radius 1 is 1.07 bits per heavy atom. The van der Waals surface area contributed by atoms with Gasteiger partial charge < -0.3 is 15.4 Å². The molecule has 0 spiro atoms. The second kappa shape index (κ2) is 12.1. The number of guanidine groups is 1. The van der Waals surface area contributed by atoms with Gasteiger partial charge in [-0.05, 0) is 43.2 Å². The summed E-state index contributed by atoms with van der Waals surface area (Å²) < 4.78 is 7.14. The van der Waals surface area contributed by atoms with Crippen LogP contribution in [0, 0.1) is 0 Å². The standard InChI is InChI=1S/C21H26N6O.HI/c1-3-22-21(23-14-13-17-9-11-19(28-2)12-10-17)24-15-20-26-25-16-27(20)18-7-5-4-6-8-18;/h4-12,16H,3,13-15H2,1-2H3,(H2,22,23,24);1H. The highest BCUT2D eigenvalue weighted by Gasteiger charge is 2.06. The Morgan fingerprint density at radius 2 is 1.83 bits per heavy atom. The molecule has 0 bridgehead atoms. The molecule has 0 aliphatic heterocycles. The number of rotatable bonds is 8. The molecule has 2 aromatic carbocycles. The molecule has 0 atom stereocenters. The van der Waals surface area contributed by atoms with Crippen molar-refractivity contribution in [2.24, 2.45) is 4.99 Å². The Morgan fingerprint density at radius 3 is 2.52 bits per heavy atom. The molecule has 2 N–H and O–H groups in total. The number of benzene rings is 2. The summed E-state index contributed by atoms with van der Waals surface area (Å²) in [6.07, 6.45) is 2.61. The molecule has 0 fully saturated rings. The molecule has 1 aromatic heterocycles. The van der Waals surface area contributed by atoms with E-state index < -0.39 is 0 Å². The van der Waals surface area contributed by atoms with E-state index in [1.54, 1.807) is 13.4 Å². The van der Waals surface area contributed by atoms with Crippen molar-refractivity contribution in [3.05, 3.63) is 72.3 Å². The van der Waals surface area contributed by atoms with E-state index in [9.17, 15) is 0 Å². The highest BCUT2D eigenvalue weighted by atomic mass is 127. The Hall–Kier alpha value is -2.62. The van der Waals surface area contributed by atoms with Crippen molar-refractivity contribution in [3.63, 3.8) is 0 Å². The summed E-state index contributed by atoms with van der Waals surface area (Å²) >= 11 is 0. The summed E-state index contributed by atoms with van der Waals surface area (Å²) in [7, 11) is 1.67. The molecule has 29 heavy (non-hydrogen) atoms. The lowest BCUT2D eigenvalue weighted by Crippen LogP contribution is -2.38. The molecule has 3 aromatic rings. The molecule has 0 saturated heterocycles. The zero-order valence-electron chi connectivity index (χ0n) is 16.7. The van der Waals surface area contributed by atoms with Crippen molar-refractivity contribution in [1.29, 1.82) is 0 Å². The molecule has 0 radical (unpaired) electrons. The Kier molecular flexibility index (Phi) is 9.42. The second-order valence-electron chi connectivity index (χ2n) is 6.17. The van der Waals surface area contributed by atoms with Gasteiger partial charge in [-0.1, -0.05) is 30.3 Å². The molecule has 1 heterocycles. The van der Waals surface area contributed by atoms with Gasteiger partial charge in [0.25, 0.3) is 0 Å². The third-order valence-corrected chi connectivity index (χ3v) is 4.24. The van der Waals surface area contributed by atoms with E-state index in [1.165, 1.54) is 5.56 Å². The van der Waals surface area contributed by atoms with E-state index in [-0.39, 0.29) is 24.0 Å². The monoisotopic (exact) mass is 506 g/mol. The molecule has 0 saturated carbocycles. The van der Waals surface area contributed by atoms with Crippen LogP contribution in [0.15, 0.2) is 65.9 Å². The summed E-state index contributed by atoms with van der Waals surface area (Å²) in [6, 6.07) is 18.1. The minimum atomic E-state index is 0. The van der Waals surface area contributed by atoms with Gasteiger partial charge in [-0.3, -0.25) is 4.57 Å². The van der Waals surface area contributed by atoms with Crippen molar-refractivity contribution in [2.75, 3.05) is 20.2 Å². The van der Waals surface area contributed by atoms with E-state index in [1.807, 2.05) is 54.0 Å². The number of halogens is 1. The van der Waals surface area contributed by atoms with Crippen LogP contribution in [-0.2, 0) is 13.0 Å². The summed E-state index contributed by atoms with van der Waals surface area (Å²) in [5, 5.41) is 14.9. The fourth-order valence-electron chi connectivity index (χ4n) is 2.78. The number of methoxy groups -OCH3 is 1. The van der Waals surface area contributed by atoms with Gasteiger partial charge in [0, 0.05) is 18.8 Å². The van der Waals surface area contributed by atoms with Crippen LogP contribution in [0.2, 0.25) is 0 Å². The Balaban J connectivity index is 0.00000300. The average molecular weight is 506 g/mol. The maximum Gasteiger partial charge on any atom is 0.191 e. The molecule has 0 amide bonds. The van der Waals surface area contributed by atoms with Crippen molar-refractivity contribution in [3.8, 4) is 11.4 Å². The zero-order valence-corrected chi connectivity index (χ0v) is 19.0. The SMILES string of the molecule is CCNC(=NCc1nncn1-c1ccccc1)NCCc1ccc(OC)cc1.I. The molecule has 0 unspecified atom stereocenters. The number of hydrogen-bond donors (Lipinski definition) is 2. The molecular formula is C21H27IN6O. The van der Waals surface area contributed by atoms with E-state index in [0.717, 1.165) is 42.7 Å². The van der Waals surface area contributed by atoms with Crippen molar-refractivity contribution < 1.29 is 4.74 Å². The molecule has 7 nitrogen and oxygen atoms in total. The van der Waals surface area contributed by atoms with Crippen LogP contribution >= 0.6 is 24.0 Å². The second-order valence-corrected chi connectivity index (χ2v) is 6.17. The lowest BCUT2D eigenvalue weighted by Gasteiger charge is -2.12. The van der Waals surface area contributed by atoms with E-state index in [4.69, 9.17) is 4.74 Å². The first kappa shape index (κ1) is 22.7. The predicted molar refractivity (Wildman–Crippen MR) is 126 cm³/mol. The van der Waals surface area contributed by atoms with Gasteiger partial charge in [-0.2, -0.15) is 0 Å². The smallest absolute Gasteiger partial charge is 0.191 e. The van der Waals surface area contributed by atoms with Gasteiger partial charge in [0.1, 0.15) is 18.6 Å². The maximum atomic E-state index is 5.19. The lowest BCUT2D eigenvalue weighted by molar-refractivity contribution is 0.414. The van der Waals surface area contributed by atoms with Gasteiger partial charge in [-0.15, -0.1) is 34.2 Å². The van der Waals surface area contributed by atoms with E-state index >= 15 is 0 Å². The highest BCUT2D eigenvalue weighted by Crippen LogP contribution is 2.11. The third kappa shape index (κ3) is 6.74. The molecule has 0 aliphatic carbocycles. The lowest BCUT2D eigenvalue weighted by atomic mass is 10.1. The normalized spacial score (nSPS) is 10.9. The van der Waals surface area contributed by atoms with Crippen LogP contribution in [0.4, 0.5) is 0 Å². The van der Waals surface area contributed by atoms with Crippen molar-refractivity contribution in [2.45, 2.75) is 19.9 Å². The number of para-hydroxylation sites is 1. The summed E-state index contributed by atoms with van der Waals surface area (Å²) in [5.74, 6) is 2.42. The highest BCUT2D eigenvalue weighted by molar-refractivity contribution is 14.0. The molecule has 8 heteroatoms. The van der Waals surface area contributed by atoms with Crippen LogP contribution in [-0.4, -0.2) is 40.9 Å². The fourth-order valence-corrected chi connectivity index (χ4v) is 2.78. The van der Waals surface area contributed by atoms with Crippen LogP contribution < -0.4 is 15.4 Å². The Labute approximate surface area is 188 Å². The number of aromatic nitrogens is 3. The van der Waals surface area contributed by atoms with E-state index in [2.05, 4.69) is 38.0 Å². The van der Waals surface area contributed by atoms with Gasteiger partial charge in [0.05, 0.1) is 7.11 Å². The van der Waals surface area contributed by atoms with Crippen LogP contribution in [0.5, 0.6) is 5.75 Å². The van der Waals surface area contributed by atoms with Gasteiger partial charge in [-0.25, -0.2) is 4.99 Å². The van der Waals surface area contributed by atoms with Crippen LogP contribution in [0.3, 0.4) is 0 Å². The maximum absolute atomic E-state index is 5.19. The minimum absolute atomic E-state index is 0. The van der Waals surface area contributed by atoms with Crippen LogP contribution in [0.25, 0.3) is 5.69 Å². The largest absolute Gasteiger partial charge is 0.497 e. The average Bonchev–Trinajstić information content (AvgIpc) is 3.22. The van der Waals surface area contributed by atoms with Crippen LogP contribution in [0.1, 0.15) is 18.3 Å². The Bertz CT molecular complexity index is 880. The summed E-state index contributed by atoms with van der Waals surface area (Å²) in [4.78, 5) is 4.65. The summed E-state index contributed by atoms with van der Waals surface area (Å²) in [6.45, 7) is 4.06. The van der Waals surface area contributed by atoms with Crippen molar-refractivity contribution in [1.82, 2.24) is 25.4 Å². The van der Waals surface area contributed by atoms with Crippen molar-refractivity contribution >= 4 is 29.9 Å². The molecular weight excluding hydrogens is 479 g/mol. The number of ether oxygens (including phenoxy) is 1. The summed E-state index contributed by atoms with van der Waals surface area (Å²) in [5.41, 5.74) is 2.27. The van der Waals surface area contributed by atoms with Gasteiger partial charge in [0.15, 0.2) is 11.8 Å². The topological polar surface area (TPSA) is 76.4 Å². The third-order valence-electron chi connectivity index (χ3n) is 4.24. The molecule has 0 aliphatic rings. The van der Waals surface area contributed by atoms with Gasteiger partial charge >= 0.3 is 0 Å². The first-order valence-electron chi connectivity index (χ1n) is 9.39. The fraction of sp³-hybridized carbons (Fsp3) is 0.286. The number of nitrogens with zero attached hydrogens (tertiary/aromatic N) is 4. The first-order valence-corrected chi connectivity index (χ1v) is 9.39. The van der Waals surface area contributed by atoms with E-state index in [0.29, 0.717) is 6.54 Å². The predicted octanol–water partition coefficient (Wildman–Crippen LogP) is 3.19. The minimum Gasteiger partial charge on any atom is -0.497 e. The first-order chi connectivity index (χ1) is 13.8. The number of aliphatic imine (C=N–C) groups is 1. The molecule has 3 rings (SSSR count). The quantitative estimate of drug-likeness (QED) is 0.279. The number of nitrogens with one attached hydrogen (secondary N) is 2. The zero-order chi connectivity index (χ0) is 19.6. The number of hydrogen-bond acceptors (Lipinski definition) is 4. The molecule has 154 valence electrons.